The number of aromatic amines is 1. The minimum atomic E-state index is -0.531. The monoisotopic (exact) mass is 519 g/mol. The van der Waals surface area contributed by atoms with Gasteiger partial charge in [-0.3, -0.25) is 9.59 Å². The Morgan fingerprint density at radius 2 is 1.92 bits per heavy atom. The zero-order chi connectivity index (χ0) is 26.9. The highest BCUT2D eigenvalue weighted by molar-refractivity contribution is 7.13. The summed E-state index contributed by atoms with van der Waals surface area (Å²) < 4.78 is 0. The number of aryl methyl sites for hydroxylation is 1. The normalized spacial score (nSPS) is 21.3. The van der Waals surface area contributed by atoms with E-state index < -0.39 is 6.10 Å². The average Bonchev–Trinajstić information content (AvgIpc) is 3.57. The summed E-state index contributed by atoms with van der Waals surface area (Å²) in [6, 6.07) is 8.40. The quantitative estimate of drug-likeness (QED) is 0.257. The number of nitrogens with zero attached hydrogens (tertiary/aromatic N) is 2. The number of nitrogens with one attached hydrogen (secondary N) is 1. The van der Waals surface area contributed by atoms with Crippen LogP contribution in [0.4, 0.5) is 0 Å². The molecule has 6 nitrogen and oxygen atoms in total. The lowest BCUT2D eigenvalue weighted by Crippen LogP contribution is -2.23. The van der Waals surface area contributed by atoms with E-state index in [1.54, 1.807) is 17.5 Å². The summed E-state index contributed by atoms with van der Waals surface area (Å²) in [4.78, 5) is 39.4. The highest BCUT2D eigenvalue weighted by Crippen LogP contribution is 2.41. The lowest BCUT2D eigenvalue weighted by molar-refractivity contribution is -0.125. The summed E-state index contributed by atoms with van der Waals surface area (Å²) >= 11 is 1.63. The molecular formula is C30H37N3O3S. The third kappa shape index (κ3) is 6.33. The number of imidazole rings is 1. The number of rotatable bonds is 8. The van der Waals surface area contributed by atoms with Crippen LogP contribution in [0, 0.1) is 18.3 Å². The van der Waals surface area contributed by atoms with Crippen LogP contribution in [0.25, 0.3) is 10.4 Å². The number of ketones is 2. The predicted octanol–water partition coefficient (Wildman–Crippen LogP) is 6.63. The second-order valence-corrected chi connectivity index (χ2v) is 12.4. The first-order valence-corrected chi connectivity index (χ1v) is 13.8. The van der Waals surface area contributed by atoms with Crippen LogP contribution in [0.3, 0.4) is 0 Å². The Kier molecular flexibility index (Phi) is 7.95. The first-order valence-electron chi connectivity index (χ1n) is 12.9. The molecule has 3 aromatic rings. The van der Waals surface area contributed by atoms with Gasteiger partial charge >= 0.3 is 0 Å². The molecule has 1 saturated carbocycles. The van der Waals surface area contributed by atoms with Crippen molar-refractivity contribution in [2.45, 2.75) is 78.7 Å². The van der Waals surface area contributed by atoms with Crippen molar-refractivity contribution in [3.63, 3.8) is 0 Å². The largest absolute Gasteiger partial charge is 0.393 e. The van der Waals surface area contributed by atoms with E-state index in [0.717, 1.165) is 16.8 Å². The van der Waals surface area contributed by atoms with Crippen LogP contribution >= 0.6 is 11.3 Å². The van der Waals surface area contributed by atoms with Crippen LogP contribution in [0.2, 0.25) is 0 Å². The van der Waals surface area contributed by atoms with Gasteiger partial charge in [-0.15, -0.1) is 11.3 Å². The Morgan fingerprint density at radius 1 is 1.22 bits per heavy atom. The van der Waals surface area contributed by atoms with E-state index in [0.29, 0.717) is 36.4 Å². The van der Waals surface area contributed by atoms with Crippen LogP contribution in [0.5, 0.6) is 0 Å². The molecule has 0 aliphatic heterocycles. The van der Waals surface area contributed by atoms with Crippen molar-refractivity contribution in [3.05, 3.63) is 70.4 Å². The van der Waals surface area contributed by atoms with Crippen LogP contribution in [-0.4, -0.2) is 37.7 Å². The molecule has 0 amide bonds. The average molecular weight is 520 g/mol. The third-order valence-electron chi connectivity index (χ3n) is 7.14. The van der Waals surface area contributed by atoms with E-state index in [9.17, 15) is 14.7 Å². The number of thiazole rings is 1. The van der Waals surface area contributed by atoms with E-state index in [-0.39, 0.29) is 34.7 Å². The third-order valence-corrected chi connectivity index (χ3v) is 8.12. The van der Waals surface area contributed by atoms with Crippen LogP contribution in [-0.2, 0) is 4.79 Å². The van der Waals surface area contributed by atoms with Crippen molar-refractivity contribution in [2.75, 3.05) is 0 Å². The fraction of sp³-hybridized carbons (Fsp3) is 0.467. The lowest BCUT2D eigenvalue weighted by atomic mass is 9.82. The van der Waals surface area contributed by atoms with Crippen molar-refractivity contribution in [2.24, 2.45) is 11.3 Å². The summed E-state index contributed by atoms with van der Waals surface area (Å²) in [6.07, 6.45) is 4.45. The van der Waals surface area contributed by atoms with E-state index in [1.165, 1.54) is 4.88 Å². The molecule has 1 aromatic carbocycles. The zero-order valence-electron chi connectivity index (χ0n) is 22.5. The fourth-order valence-electron chi connectivity index (χ4n) is 5.23. The van der Waals surface area contributed by atoms with Gasteiger partial charge in [-0.25, -0.2) is 9.97 Å². The molecule has 1 unspecified atom stereocenters. The molecule has 37 heavy (non-hydrogen) atoms. The maximum atomic E-state index is 13.2. The summed E-state index contributed by atoms with van der Waals surface area (Å²) in [5.41, 5.74) is 6.02. The van der Waals surface area contributed by atoms with Gasteiger partial charge in [-0.2, -0.15) is 0 Å². The van der Waals surface area contributed by atoms with Crippen LogP contribution in [0.15, 0.2) is 47.6 Å². The molecule has 0 spiro atoms. The number of H-pyrrole nitrogens is 1. The van der Waals surface area contributed by atoms with Crippen molar-refractivity contribution in [3.8, 4) is 10.4 Å². The lowest BCUT2D eigenvalue weighted by Gasteiger charge is -2.22. The number of carbonyl (C=O) groups is 2. The second-order valence-electron chi connectivity index (χ2n) is 11.6. The van der Waals surface area contributed by atoms with Gasteiger partial charge in [-0.1, -0.05) is 58.0 Å². The number of hydrogen-bond donors (Lipinski definition) is 2. The van der Waals surface area contributed by atoms with E-state index in [1.807, 2.05) is 46.2 Å². The van der Waals surface area contributed by atoms with Gasteiger partial charge in [0.15, 0.2) is 0 Å². The van der Waals surface area contributed by atoms with E-state index >= 15 is 0 Å². The number of aliphatic hydroxyl groups is 1. The number of aliphatic hydroxyl groups excluding tert-OH is 1. The number of hydrogen-bond acceptors (Lipinski definition) is 6. The molecular weight excluding hydrogens is 482 g/mol. The number of allylic oxidation sites excluding steroid dienone is 2. The molecule has 0 radical (unpaired) electrons. The smallest absolute Gasteiger partial charge is 0.208 e. The summed E-state index contributed by atoms with van der Waals surface area (Å²) in [6.45, 7) is 12.0. The van der Waals surface area contributed by atoms with E-state index in [4.69, 9.17) is 0 Å². The van der Waals surface area contributed by atoms with Crippen molar-refractivity contribution in [1.29, 1.82) is 0 Å². The molecule has 2 aromatic heterocycles. The molecule has 2 N–H and O–H groups in total. The molecule has 1 fully saturated rings. The minimum Gasteiger partial charge on any atom is -0.393 e. The van der Waals surface area contributed by atoms with Crippen molar-refractivity contribution < 1.29 is 14.7 Å². The number of aromatic nitrogens is 3. The standard InChI is InChI=1S/C30H37N3O3S/c1-17(20-7-9-21(10-8-20)28-19(3)32-16-37-28)11-18(2)27(36)25-15-31-29(33-25)24-13-22(34)12-23(24)26(35)14-30(4,5)6/h7-11,15-17,22-24,34H,12-14H2,1-6H3,(H,31,33)/b18-11-/t17-,22+,23?,24-/m1/s1. The summed E-state index contributed by atoms with van der Waals surface area (Å²) in [5.74, 6) is 0.208. The molecule has 7 heteroatoms. The molecule has 4 rings (SSSR count). The van der Waals surface area contributed by atoms with Gasteiger partial charge in [-0.05, 0) is 54.7 Å². The number of carbonyl (C=O) groups excluding carboxylic acids is 2. The molecule has 2 heterocycles. The Balaban J connectivity index is 1.46. The first-order chi connectivity index (χ1) is 17.4. The van der Waals surface area contributed by atoms with Gasteiger partial charge in [0.25, 0.3) is 0 Å². The minimum absolute atomic E-state index is 0.0587. The van der Waals surface area contributed by atoms with Crippen LogP contribution < -0.4 is 0 Å². The van der Waals surface area contributed by atoms with Gasteiger partial charge in [0.1, 0.15) is 17.3 Å². The van der Waals surface area contributed by atoms with Crippen molar-refractivity contribution >= 4 is 22.9 Å². The molecule has 1 aliphatic carbocycles. The van der Waals surface area contributed by atoms with Gasteiger partial charge < -0.3 is 10.1 Å². The number of benzene rings is 1. The zero-order valence-corrected chi connectivity index (χ0v) is 23.4. The summed E-state index contributed by atoms with van der Waals surface area (Å²) in [7, 11) is 0. The SMILES string of the molecule is C/C(=C/[C@@H](C)c1ccc(-c2scnc2C)cc1)C(=O)c1c[nH]c([C@@H]2C[C@@H](O)CC2C(=O)CC(C)(C)C)n1. The molecule has 0 saturated heterocycles. The first kappa shape index (κ1) is 27.1. The summed E-state index contributed by atoms with van der Waals surface area (Å²) in [5, 5.41) is 10.3. The maximum absolute atomic E-state index is 13.2. The molecule has 4 atom stereocenters. The molecule has 0 bridgehead atoms. The second kappa shape index (κ2) is 10.8. The highest BCUT2D eigenvalue weighted by Gasteiger charge is 2.41. The topological polar surface area (TPSA) is 95.9 Å². The van der Waals surface area contributed by atoms with Crippen LogP contribution in [0.1, 0.15) is 93.3 Å². The van der Waals surface area contributed by atoms with Gasteiger partial charge in [0, 0.05) is 24.5 Å². The Labute approximate surface area is 223 Å². The molecule has 196 valence electrons. The van der Waals surface area contributed by atoms with Gasteiger partial charge in [0.2, 0.25) is 5.78 Å². The molecule has 1 aliphatic rings. The van der Waals surface area contributed by atoms with Crippen molar-refractivity contribution in [1.82, 2.24) is 15.0 Å². The maximum Gasteiger partial charge on any atom is 0.208 e. The van der Waals surface area contributed by atoms with E-state index in [2.05, 4.69) is 46.1 Å². The Hall–Kier alpha value is -2.90. The predicted molar refractivity (Wildman–Crippen MR) is 148 cm³/mol. The Morgan fingerprint density at radius 3 is 2.54 bits per heavy atom. The Bertz CT molecular complexity index is 1300. The highest BCUT2D eigenvalue weighted by atomic mass is 32.1. The fourth-order valence-corrected chi connectivity index (χ4v) is 6.04. The van der Waals surface area contributed by atoms with Gasteiger partial charge in [0.05, 0.1) is 22.2 Å². The number of Topliss-reactive ketones (excluding diaryl/α,β-unsaturated/α-hetero) is 2.